The standard InChI is InChI=1S/C21H34N8OS/c1-16(2)24-20(30)15-28-9-11-29(12-10-28)21(22-8-7-18-6-5-13-31-18)23-14-19-26-25-17(3)27(19)4/h5-6,13,16H,7-12,14-15H2,1-4H3,(H,22,23)(H,24,30). The third kappa shape index (κ3) is 7.03. The fourth-order valence-corrected chi connectivity index (χ4v) is 4.15. The molecule has 3 heterocycles. The van der Waals surface area contributed by atoms with Gasteiger partial charge in [-0.2, -0.15) is 0 Å². The van der Waals surface area contributed by atoms with Crippen LogP contribution in [0.1, 0.15) is 30.4 Å². The fraction of sp³-hybridized carbons (Fsp3) is 0.619. The normalized spacial score (nSPS) is 15.5. The van der Waals surface area contributed by atoms with Crippen molar-refractivity contribution in [1.82, 2.24) is 35.2 Å². The molecule has 2 N–H and O–H groups in total. The SMILES string of the molecule is Cc1nnc(CN=C(NCCc2cccs2)N2CCN(CC(=O)NC(C)C)CC2)n1C. The van der Waals surface area contributed by atoms with Gasteiger partial charge in [-0.3, -0.25) is 9.69 Å². The topological polar surface area (TPSA) is 90.7 Å². The Kier molecular flexibility index (Phi) is 8.42. The maximum atomic E-state index is 12.1. The highest BCUT2D eigenvalue weighted by molar-refractivity contribution is 7.09. The maximum absolute atomic E-state index is 12.1. The van der Waals surface area contributed by atoms with Gasteiger partial charge in [0.1, 0.15) is 12.4 Å². The van der Waals surface area contributed by atoms with Gasteiger partial charge in [0.15, 0.2) is 11.8 Å². The minimum Gasteiger partial charge on any atom is -0.356 e. The van der Waals surface area contributed by atoms with Crippen LogP contribution >= 0.6 is 11.3 Å². The van der Waals surface area contributed by atoms with Crippen LogP contribution in [0.4, 0.5) is 0 Å². The fourth-order valence-electron chi connectivity index (χ4n) is 3.44. The summed E-state index contributed by atoms with van der Waals surface area (Å²) >= 11 is 1.78. The van der Waals surface area contributed by atoms with Crippen molar-refractivity contribution < 1.29 is 4.79 Å². The number of piperazine rings is 1. The number of amides is 1. The van der Waals surface area contributed by atoms with Crippen LogP contribution in [-0.4, -0.2) is 81.7 Å². The number of nitrogens with zero attached hydrogens (tertiary/aromatic N) is 6. The molecule has 1 aliphatic heterocycles. The molecule has 2 aromatic rings. The third-order valence-corrected chi connectivity index (χ3v) is 6.21. The van der Waals surface area contributed by atoms with Gasteiger partial charge in [0.05, 0.1) is 6.54 Å². The molecule has 9 nitrogen and oxygen atoms in total. The molecule has 0 saturated carbocycles. The smallest absolute Gasteiger partial charge is 0.234 e. The number of hydrogen-bond donors (Lipinski definition) is 2. The molecule has 0 radical (unpaired) electrons. The molecule has 0 unspecified atom stereocenters. The van der Waals surface area contributed by atoms with E-state index in [1.165, 1.54) is 4.88 Å². The zero-order chi connectivity index (χ0) is 22.2. The lowest BCUT2D eigenvalue weighted by Gasteiger charge is -2.36. The van der Waals surface area contributed by atoms with E-state index in [9.17, 15) is 4.79 Å². The number of nitrogens with one attached hydrogen (secondary N) is 2. The Bertz CT molecular complexity index is 853. The second-order valence-corrected chi connectivity index (χ2v) is 9.14. The number of hydrogen-bond acceptors (Lipinski definition) is 6. The molecule has 170 valence electrons. The summed E-state index contributed by atoms with van der Waals surface area (Å²) < 4.78 is 1.97. The number of carbonyl (C=O) groups excluding carboxylic acids is 1. The van der Waals surface area contributed by atoms with Crippen LogP contribution in [0.3, 0.4) is 0 Å². The molecule has 31 heavy (non-hydrogen) atoms. The summed E-state index contributed by atoms with van der Waals surface area (Å²) in [5, 5.41) is 17.0. The number of guanidine groups is 1. The summed E-state index contributed by atoms with van der Waals surface area (Å²) in [6.45, 7) is 11.0. The first-order valence-electron chi connectivity index (χ1n) is 10.8. The summed E-state index contributed by atoms with van der Waals surface area (Å²) in [5.41, 5.74) is 0. The van der Waals surface area contributed by atoms with Crippen LogP contribution < -0.4 is 10.6 Å². The van der Waals surface area contributed by atoms with E-state index in [0.29, 0.717) is 13.1 Å². The maximum Gasteiger partial charge on any atom is 0.234 e. The van der Waals surface area contributed by atoms with Gasteiger partial charge in [-0.25, -0.2) is 4.99 Å². The number of aryl methyl sites for hydroxylation is 1. The van der Waals surface area contributed by atoms with Crippen LogP contribution in [-0.2, 0) is 24.8 Å². The van der Waals surface area contributed by atoms with Crippen molar-refractivity contribution in [1.29, 1.82) is 0 Å². The summed E-state index contributed by atoms with van der Waals surface area (Å²) in [5.74, 6) is 2.71. The van der Waals surface area contributed by atoms with Crippen molar-refractivity contribution in [3.8, 4) is 0 Å². The molecule has 1 saturated heterocycles. The molecule has 0 atom stereocenters. The van der Waals surface area contributed by atoms with Gasteiger partial charge in [-0.1, -0.05) is 6.07 Å². The summed E-state index contributed by atoms with van der Waals surface area (Å²) in [4.78, 5) is 22.7. The second-order valence-electron chi connectivity index (χ2n) is 8.10. The summed E-state index contributed by atoms with van der Waals surface area (Å²) in [6.07, 6.45) is 0.967. The van der Waals surface area contributed by atoms with Crippen LogP contribution in [0, 0.1) is 6.92 Å². The number of rotatable bonds is 8. The predicted octanol–water partition coefficient (Wildman–Crippen LogP) is 1.02. The molecule has 0 spiro atoms. The summed E-state index contributed by atoms with van der Waals surface area (Å²) in [6, 6.07) is 4.41. The molecular formula is C21H34N8OS. The van der Waals surface area contributed by atoms with Gasteiger partial charge in [-0.05, 0) is 38.6 Å². The van der Waals surface area contributed by atoms with E-state index in [-0.39, 0.29) is 11.9 Å². The Morgan fingerprint density at radius 2 is 2.03 bits per heavy atom. The van der Waals surface area contributed by atoms with Crippen molar-refractivity contribution in [3.05, 3.63) is 34.0 Å². The highest BCUT2D eigenvalue weighted by Gasteiger charge is 2.21. The molecule has 1 fully saturated rings. The number of aromatic nitrogens is 3. The molecule has 1 aliphatic rings. The molecule has 2 aromatic heterocycles. The first kappa shape index (κ1) is 23.2. The van der Waals surface area contributed by atoms with Gasteiger partial charge in [0.25, 0.3) is 0 Å². The molecular weight excluding hydrogens is 412 g/mol. The van der Waals surface area contributed by atoms with E-state index in [4.69, 9.17) is 4.99 Å². The molecule has 0 bridgehead atoms. The van der Waals surface area contributed by atoms with E-state index >= 15 is 0 Å². The molecule has 0 aromatic carbocycles. The lowest BCUT2D eigenvalue weighted by atomic mass is 10.3. The van der Waals surface area contributed by atoms with Gasteiger partial charge < -0.3 is 20.1 Å². The van der Waals surface area contributed by atoms with E-state index in [2.05, 4.69) is 48.1 Å². The van der Waals surface area contributed by atoms with E-state index < -0.39 is 0 Å². The zero-order valence-electron chi connectivity index (χ0n) is 19.0. The van der Waals surface area contributed by atoms with Crippen LogP contribution in [0.15, 0.2) is 22.5 Å². The van der Waals surface area contributed by atoms with E-state index in [1.54, 1.807) is 11.3 Å². The van der Waals surface area contributed by atoms with E-state index in [1.807, 2.05) is 32.4 Å². The van der Waals surface area contributed by atoms with Crippen molar-refractivity contribution in [2.45, 2.75) is 39.8 Å². The minimum absolute atomic E-state index is 0.0871. The average Bonchev–Trinajstić information content (AvgIpc) is 3.35. The predicted molar refractivity (Wildman–Crippen MR) is 124 cm³/mol. The quantitative estimate of drug-likeness (QED) is 0.465. The van der Waals surface area contributed by atoms with Crippen molar-refractivity contribution >= 4 is 23.2 Å². The average molecular weight is 447 g/mol. The van der Waals surface area contributed by atoms with Gasteiger partial charge >= 0.3 is 0 Å². The monoisotopic (exact) mass is 446 g/mol. The molecule has 1 amide bonds. The first-order chi connectivity index (χ1) is 14.9. The largest absolute Gasteiger partial charge is 0.356 e. The number of thiophene rings is 1. The Labute approximate surface area is 188 Å². The Balaban J connectivity index is 1.58. The van der Waals surface area contributed by atoms with Crippen molar-refractivity contribution in [2.24, 2.45) is 12.0 Å². The molecule has 0 aliphatic carbocycles. The van der Waals surface area contributed by atoms with Crippen LogP contribution in [0.2, 0.25) is 0 Å². The molecule has 10 heteroatoms. The van der Waals surface area contributed by atoms with E-state index in [0.717, 1.165) is 56.8 Å². The summed E-state index contributed by atoms with van der Waals surface area (Å²) in [7, 11) is 1.96. The highest BCUT2D eigenvalue weighted by atomic mass is 32.1. The number of carbonyl (C=O) groups is 1. The second kappa shape index (κ2) is 11.2. The Morgan fingerprint density at radius 3 is 2.65 bits per heavy atom. The lowest BCUT2D eigenvalue weighted by molar-refractivity contribution is -0.123. The van der Waals surface area contributed by atoms with Crippen molar-refractivity contribution in [2.75, 3.05) is 39.3 Å². The highest BCUT2D eigenvalue weighted by Crippen LogP contribution is 2.09. The first-order valence-corrected chi connectivity index (χ1v) is 11.7. The lowest BCUT2D eigenvalue weighted by Crippen LogP contribution is -2.54. The Morgan fingerprint density at radius 1 is 1.26 bits per heavy atom. The van der Waals surface area contributed by atoms with Gasteiger partial charge in [0.2, 0.25) is 5.91 Å². The van der Waals surface area contributed by atoms with Gasteiger partial charge in [0, 0.05) is 50.7 Å². The number of aliphatic imine (C=N–C) groups is 1. The molecule has 3 rings (SSSR count). The Hall–Kier alpha value is -2.46. The zero-order valence-corrected chi connectivity index (χ0v) is 19.8. The van der Waals surface area contributed by atoms with Crippen LogP contribution in [0.5, 0.6) is 0 Å². The van der Waals surface area contributed by atoms with Crippen molar-refractivity contribution in [3.63, 3.8) is 0 Å². The minimum atomic E-state index is 0.0871. The van der Waals surface area contributed by atoms with Gasteiger partial charge in [-0.15, -0.1) is 21.5 Å². The third-order valence-electron chi connectivity index (χ3n) is 5.28. The van der Waals surface area contributed by atoms with Crippen LogP contribution in [0.25, 0.3) is 0 Å².